The molecule has 0 aromatic carbocycles. The molecule has 5 rings (SSSR count). The summed E-state index contributed by atoms with van der Waals surface area (Å²) < 4.78 is 2.27. The molecule has 1 heterocycles. The first-order valence-electron chi connectivity index (χ1n) is 8.32. The van der Waals surface area contributed by atoms with E-state index in [1.165, 1.54) is 44.2 Å². The summed E-state index contributed by atoms with van der Waals surface area (Å²) in [7, 11) is 0. The molecule has 4 fully saturated rings. The minimum atomic E-state index is 0.421. The molecule has 110 valence electrons. The van der Waals surface area contributed by atoms with E-state index in [4.69, 9.17) is 10.8 Å². The predicted octanol–water partition coefficient (Wildman–Crippen LogP) is 3.22. The Morgan fingerprint density at radius 1 is 1.20 bits per heavy atom. The number of hydrogen-bond donors (Lipinski definition) is 1. The van der Waals surface area contributed by atoms with Gasteiger partial charge in [-0.05, 0) is 81.6 Å². The molecular formula is C17H27N3. The van der Waals surface area contributed by atoms with Crippen molar-refractivity contribution in [3.05, 3.63) is 17.5 Å². The molecule has 4 aliphatic carbocycles. The molecule has 0 amide bonds. The van der Waals surface area contributed by atoms with Gasteiger partial charge in [0.15, 0.2) is 0 Å². The maximum Gasteiger partial charge on any atom is 0.0700 e. The van der Waals surface area contributed by atoms with Gasteiger partial charge in [-0.1, -0.05) is 0 Å². The van der Waals surface area contributed by atoms with E-state index in [1.807, 2.05) is 0 Å². The Hall–Kier alpha value is -0.830. The van der Waals surface area contributed by atoms with E-state index in [-0.39, 0.29) is 0 Å². The lowest BCUT2D eigenvalue weighted by molar-refractivity contribution is -0.0834. The van der Waals surface area contributed by atoms with Gasteiger partial charge in [0.1, 0.15) is 0 Å². The highest BCUT2D eigenvalue weighted by Gasteiger charge is 2.54. The van der Waals surface area contributed by atoms with Crippen molar-refractivity contribution in [3.63, 3.8) is 0 Å². The van der Waals surface area contributed by atoms with E-state index in [0.29, 0.717) is 11.5 Å². The monoisotopic (exact) mass is 273 g/mol. The van der Waals surface area contributed by atoms with Crippen LogP contribution >= 0.6 is 0 Å². The maximum atomic E-state index is 6.24. The molecule has 1 aromatic heterocycles. The van der Waals surface area contributed by atoms with Gasteiger partial charge < -0.3 is 5.73 Å². The quantitative estimate of drug-likeness (QED) is 0.919. The standard InChI is InChI=1S/C17H27N3/c1-11-3-12(2)20(19-11)16(10-18)17-7-13-4-14(8-17)6-15(5-13)9-17/h3,13-16H,4-10,18H2,1-2H3. The Morgan fingerprint density at radius 2 is 1.75 bits per heavy atom. The Kier molecular flexibility index (Phi) is 2.79. The van der Waals surface area contributed by atoms with Gasteiger partial charge in [-0.3, -0.25) is 4.68 Å². The fourth-order valence-corrected chi connectivity index (χ4v) is 6.16. The van der Waals surface area contributed by atoms with Crippen molar-refractivity contribution in [2.45, 2.75) is 58.4 Å². The van der Waals surface area contributed by atoms with Crippen molar-refractivity contribution >= 4 is 0 Å². The topological polar surface area (TPSA) is 43.8 Å². The van der Waals surface area contributed by atoms with Gasteiger partial charge in [-0.25, -0.2) is 0 Å². The summed E-state index contributed by atoms with van der Waals surface area (Å²) >= 11 is 0. The molecule has 4 bridgehead atoms. The lowest BCUT2D eigenvalue weighted by atomic mass is 9.47. The smallest absolute Gasteiger partial charge is 0.0700 e. The maximum absolute atomic E-state index is 6.24. The Bertz CT molecular complexity index is 481. The molecule has 0 saturated heterocycles. The van der Waals surface area contributed by atoms with Gasteiger partial charge >= 0.3 is 0 Å². The number of rotatable bonds is 3. The van der Waals surface area contributed by atoms with Crippen molar-refractivity contribution in [2.24, 2.45) is 28.9 Å². The SMILES string of the molecule is Cc1cc(C)n(C(CN)C23CC4CC(CC(C4)C2)C3)n1. The molecule has 0 spiro atoms. The molecular weight excluding hydrogens is 246 g/mol. The van der Waals surface area contributed by atoms with E-state index in [0.717, 1.165) is 30.0 Å². The third kappa shape index (κ3) is 1.78. The lowest BCUT2D eigenvalue weighted by Crippen LogP contribution is -2.52. The van der Waals surface area contributed by atoms with Gasteiger partial charge in [0.2, 0.25) is 0 Å². The van der Waals surface area contributed by atoms with Crippen LogP contribution in [0.4, 0.5) is 0 Å². The molecule has 2 N–H and O–H groups in total. The highest BCUT2D eigenvalue weighted by molar-refractivity contribution is 5.12. The van der Waals surface area contributed by atoms with Crippen LogP contribution in [-0.2, 0) is 0 Å². The third-order valence-electron chi connectivity index (χ3n) is 6.36. The minimum absolute atomic E-state index is 0.421. The van der Waals surface area contributed by atoms with Gasteiger partial charge in [0.25, 0.3) is 0 Å². The summed E-state index contributed by atoms with van der Waals surface area (Å²) in [6.45, 7) is 5.02. The lowest BCUT2D eigenvalue weighted by Gasteiger charge is -2.59. The van der Waals surface area contributed by atoms with E-state index in [2.05, 4.69) is 24.6 Å². The summed E-state index contributed by atoms with van der Waals surface area (Å²) in [6, 6.07) is 2.62. The van der Waals surface area contributed by atoms with Crippen LogP contribution in [0.25, 0.3) is 0 Å². The summed E-state index contributed by atoms with van der Waals surface area (Å²) in [5.74, 6) is 2.94. The number of hydrogen-bond acceptors (Lipinski definition) is 2. The number of aryl methyl sites for hydroxylation is 2. The van der Waals surface area contributed by atoms with Crippen molar-refractivity contribution in [3.8, 4) is 0 Å². The summed E-state index contributed by atoms with van der Waals surface area (Å²) in [5, 5.41) is 4.78. The minimum Gasteiger partial charge on any atom is -0.328 e. The Morgan fingerprint density at radius 3 is 2.15 bits per heavy atom. The van der Waals surface area contributed by atoms with Crippen LogP contribution < -0.4 is 5.73 Å². The molecule has 0 radical (unpaired) electrons. The van der Waals surface area contributed by atoms with Crippen LogP contribution in [-0.4, -0.2) is 16.3 Å². The molecule has 3 nitrogen and oxygen atoms in total. The van der Waals surface area contributed by atoms with Crippen LogP contribution in [0, 0.1) is 37.0 Å². The first kappa shape index (κ1) is 12.9. The molecule has 1 unspecified atom stereocenters. The van der Waals surface area contributed by atoms with Crippen molar-refractivity contribution < 1.29 is 0 Å². The zero-order chi connectivity index (χ0) is 13.9. The van der Waals surface area contributed by atoms with Crippen molar-refractivity contribution in [2.75, 3.05) is 6.54 Å². The Labute approximate surface area is 121 Å². The molecule has 1 aromatic rings. The predicted molar refractivity (Wildman–Crippen MR) is 80.4 cm³/mol. The summed E-state index contributed by atoms with van der Waals surface area (Å²) in [6.07, 6.45) is 8.69. The van der Waals surface area contributed by atoms with Crippen molar-refractivity contribution in [1.29, 1.82) is 0 Å². The van der Waals surface area contributed by atoms with Crippen molar-refractivity contribution in [1.82, 2.24) is 9.78 Å². The summed E-state index contributed by atoms with van der Waals surface area (Å²) in [5.41, 5.74) is 9.11. The van der Waals surface area contributed by atoms with E-state index in [9.17, 15) is 0 Å². The van der Waals surface area contributed by atoms with Gasteiger partial charge in [-0.15, -0.1) is 0 Å². The molecule has 3 heteroatoms. The highest BCUT2D eigenvalue weighted by Crippen LogP contribution is 2.63. The molecule has 20 heavy (non-hydrogen) atoms. The van der Waals surface area contributed by atoms with Gasteiger partial charge in [-0.2, -0.15) is 5.10 Å². The van der Waals surface area contributed by atoms with Crippen LogP contribution in [0.15, 0.2) is 6.07 Å². The second-order valence-corrected chi connectivity index (χ2v) is 7.90. The van der Waals surface area contributed by atoms with E-state index < -0.39 is 0 Å². The van der Waals surface area contributed by atoms with Crippen LogP contribution in [0.3, 0.4) is 0 Å². The second-order valence-electron chi connectivity index (χ2n) is 7.90. The number of nitrogens with two attached hydrogens (primary N) is 1. The first-order chi connectivity index (χ1) is 9.59. The average Bonchev–Trinajstić information content (AvgIpc) is 2.67. The Balaban J connectivity index is 1.72. The van der Waals surface area contributed by atoms with Crippen LogP contribution in [0.2, 0.25) is 0 Å². The second kappa shape index (κ2) is 4.33. The molecule has 0 aliphatic heterocycles. The highest BCUT2D eigenvalue weighted by atomic mass is 15.3. The van der Waals surface area contributed by atoms with Gasteiger partial charge in [0.05, 0.1) is 11.7 Å². The summed E-state index contributed by atoms with van der Waals surface area (Å²) in [4.78, 5) is 0. The third-order valence-corrected chi connectivity index (χ3v) is 6.36. The fourth-order valence-electron chi connectivity index (χ4n) is 6.16. The number of aromatic nitrogens is 2. The normalized spacial score (nSPS) is 40.2. The molecule has 1 atom stereocenters. The van der Waals surface area contributed by atoms with E-state index >= 15 is 0 Å². The first-order valence-corrected chi connectivity index (χ1v) is 8.32. The van der Waals surface area contributed by atoms with Gasteiger partial charge in [0, 0.05) is 12.2 Å². The molecule has 4 saturated carbocycles. The molecule has 4 aliphatic rings. The van der Waals surface area contributed by atoms with Crippen LogP contribution in [0.5, 0.6) is 0 Å². The zero-order valence-corrected chi connectivity index (χ0v) is 12.8. The zero-order valence-electron chi connectivity index (χ0n) is 12.8. The fraction of sp³-hybridized carbons (Fsp3) is 0.824. The van der Waals surface area contributed by atoms with Crippen LogP contribution in [0.1, 0.15) is 56.0 Å². The van der Waals surface area contributed by atoms with E-state index in [1.54, 1.807) is 0 Å². The largest absolute Gasteiger partial charge is 0.328 e. The number of nitrogens with zero attached hydrogens (tertiary/aromatic N) is 2. The average molecular weight is 273 g/mol.